The fourth-order valence-electron chi connectivity index (χ4n) is 2.06. The minimum Gasteiger partial charge on any atom is -0.489 e. The zero-order chi connectivity index (χ0) is 15.8. The third-order valence-corrected chi connectivity index (χ3v) is 3.12. The molecular formula is C18H18O4. The fraction of sp³-hybridized carbons (Fsp3) is 0.167. The van der Waals surface area contributed by atoms with Crippen LogP contribution >= 0.6 is 0 Å². The molecule has 0 spiro atoms. The van der Waals surface area contributed by atoms with Crippen LogP contribution in [-0.2, 0) is 17.8 Å². The van der Waals surface area contributed by atoms with Crippen LogP contribution in [0.3, 0.4) is 0 Å². The summed E-state index contributed by atoms with van der Waals surface area (Å²) < 4.78 is 5.80. The molecule has 0 fully saturated rings. The average Bonchev–Trinajstić information content (AvgIpc) is 2.53. The van der Waals surface area contributed by atoms with Crippen molar-refractivity contribution in [1.82, 2.24) is 0 Å². The predicted octanol–water partition coefficient (Wildman–Crippen LogP) is 2.90. The summed E-state index contributed by atoms with van der Waals surface area (Å²) in [5, 5.41) is 17.8. The lowest BCUT2D eigenvalue weighted by Gasteiger charge is -2.12. The first-order valence-electron chi connectivity index (χ1n) is 7.00. The summed E-state index contributed by atoms with van der Waals surface area (Å²) in [5.41, 5.74) is 2.68. The molecule has 2 rings (SSSR count). The van der Waals surface area contributed by atoms with Crippen LogP contribution in [0.5, 0.6) is 5.75 Å². The first-order chi connectivity index (χ1) is 10.7. The Labute approximate surface area is 129 Å². The molecule has 0 saturated heterocycles. The van der Waals surface area contributed by atoms with Gasteiger partial charge in [0.15, 0.2) is 0 Å². The number of benzene rings is 2. The second-order valence-corrected chi connectivity index (χ2v) is 4.79. The van der Waals surface area contributed by atoms with Gasteiger partial charge in [0.05, 0.1) is 0 Å². The van der Waals surface area contributed by atoms with Gasteiger partial charge in [-0.15, -0.1) is 0 Å². The summed E-state index contributed by atoms with van der Waals surface area (Å²) in [6.45, 7) is 0.456. The number of aliphatic hydroxyl groups is 1. The van der Waals surface area contributed by atoms with Crippen molar-refractivity contribution < 1.29 is 19.7 Å². The van der Waals surface area contributed by atoms with Crippen LogP contribution in [0.25, 0.3) is 6.08 Å². The molecular weight excluding hydrogens is 280 g/mol. The molecule has 4 nitrogen and oxygen atoms in total. The normalized spacial score (nSPS) is 10.8. The minimum absolute atomic E-state index is 0.00773. The van der Waals surface area contributed by atoms with Crippen LogP contribution < -0.4 is 4.74 Å². The zero-order valence-corrected chi connectivity index (χ0v) is 12.1. The minimum atomic E-state index is -0.992. The second kappa shape index (κ2) is 8.00. The Balaban J connectivity index is 2.14. The maximum absolute atomic E-state index is 10.6. The van der Waals surface area contributed by atoms with E-state index in [9.17, 15) is 9.90 Å². The highest BCUT2D eigenvalue weighted by molar-refractivity contribution is 5.85. The van der Waals surface area contributed by atoms with Crippen molar-refractivity contribution >= 4 is 12.0 Å². The van der Waals surface area contributed by atoms with Crippen molar-refractivity contribution in [3.63, 3.8) is 0 Å². The summed E-state index contributed by atoms with van der Waals surface area (Å²) in [6, 6.07) is 15.2. The van der Waals surface area contributed by atoms with Gasteiger partial charge in [-0.3, -0.25) is 0 Å². The van der Waals surface area contributed by atoms with E-state index >= 15 is 0 Å². The fourth-order valence-corrected chi connectivity index (χ4v) is 2.06. The summed E-state index contributed by atoms with van der Waals surface area (Å²) >= 11 is 0. The number of hydrogen-bond donors (Lipinski definition) is 2. The van der Waals surface area contributed by atoms with E-state index in [4.69, 9.17) is 9.84 Å². The number of carboxylic acid groups (broad SMARTS) is 1. The Bertz CT molecular complexity index is 647. The maximum atomic E-state index is 10.6. The number of aliphatic hydroxyl groups excluding tert-OH is 1. The molecule has 0 saturated carbocycles. The Morgan fingerprint density at radius 3 is 2.59 bits per heavy atom. The van der Waals surface area contributed by atoms with Crippen LogP contribution in [0, 0.1) is 0 Å². The lowest BCUT2D eigenvalue weighted by Crippen LogP contribution is -2.01. The van der Waals surface area contributed by atoms with E-state index in [0.717, 1.165) is 22.8 Å². The van der Waals surface area contributed by atoms with Gasteiger partial charge in [0.1, 0.15) is 12.4 Å². The molecule has 0 aliphatic heterocycles. The monoisotopic (exact) mass is 298 g/mol. The number of carboxylic acids is 1. The molecule has 0 heterocycles. The van der Waals surface area contributed by atoms with Crippen molar-refractivity contribution in [3.8, 4) is 5.75 Å². The molecule has 0 amide bonds. The van der Waals surface area contributed by atoms with Gasteiger partial charge in [-0.1, -0.05) is 36.4 Å². The van der Waals surface area contributed by atoms with Crippen LogP contribution in [-0.4, -0.2) is 22.8 Å². The molecule has 0 aliphatic rings. The molecule has 22 heavy (non-hydrogen) atoms. The third kappa shape index (κ3) is 4.75. The maximum Gasteiger partial charge on any atom is 0.328 e. The zero-order valence-electron chi connectivity index (χ0n) is 12.1. The van der Waals surface area contributed by atoms with E-state index in [1.54, 1.807) is 12.1 Å². The van der Waals surface area contributed by atoms with Gasteiger partial charge in [-0.25, -0.2) is 4.79 Å². The quantitative estimate of drug-likeness (QED) is 0.771. The summed E-state index contributed by atoms with van der Waals surface area (Å²) in [4.78, 5) is 10.6. The van der Waals surface area contributed by atoms with Gasteiger partial charge in [-0.05, 0) is 41.3 Å². The smallest absolute Gasteiger partial charge is 0.328 e. The average molecular weight is 298 g/mol. The SMILES string of the molecule is O=C(O)C=Cc1ccc(OCc2ccccc2)c(CCO)c1. The molecule has 0 radical (unpaired) electrons. The highest BCUT2D eigenvalue weighted by Gasteiger charge is 2.05. The van der Waals surface area contributed by atoms with E-state index < -0.39 is 5.97 Å². The molecule has 4 heteroatoms. The van der Waals surface area contributed by atoms with E-state index in [-0.39, 0.29) is 6.61 Å². The topological polar surface area (TPSA) is 66.8 Å². The van der Waals surface area contributed by atoms with Gasteiger partial charge >= 0.3 is 5.97 Å². The van der Waals surface area contributed by atoms with Gasteiger partial charge < -0.3 is 14.9 Å². The lowest BCUT2D eigenvalue weighted by molar-refractivity contribution is -0.131. The molecule has 114 valence electrons. The molecule has 0 bridgehead atoms. The van der Waals surface area contributed by atoms with Crippen LogP contribution in [0.1, 0.15) is 16.7 Å². The van der Waals surface area contributed by atoms with E-state index in [1.165, 1.54) is 6.08 Å². The molecule has 2 aromatic carbocycles. The van der Waals surface area contributed by atoms with Crippen molar-refractivity contribution in [2.24, 2.45) is 0 Å². The molecule has 0 aliphatic carbocycles. The number of carbonyl (C=O) groups is 1. The van der Waals surface area contributed by atoms with Crippen molar-refractivity contribution in [1.29, 1.82) is 0 Å². The van der Waals surface area contributed by atoms with Gasteiger partial charge in [0.2, 0.25) is 0 Å². The summed E-state index contributed by atoms with van der Waals surface area (Å²) in [6.07, 6.45) is 3.06. The molecule has 0 unspecified atom stereocenters. The van der Waals surface area contributed by atoms with Crippen LogP contribution in [0.15, 0.2) is 54.6 Å². The Morgan fingerprint density at radius 2 is 1.91 bits per heavy atom. The van der Waals surface area contributed by atoms with E-state index in [2.05, 4.69) is 0 Å². The lowest BCUT2D eigenvalue weighted by atomic mass is 10.1. The van der Waals surface area contributed by atoms with E-state index in [1.807, 2.05) is 36.4 Å². The Kier molecular flexibility index (Phi) is 5.74. The number of aliphatic carboxylic acids is 1. The van der Waals surface area contributed by atoms with Gasteiger partial charge in [0, 0.05) is 12.7 Å². The largest absolute Gasteiger partial charge is 0.489 e. The van der Waals surface area contributed by atoms with Crippen molar-refractivity contribution in [3.05, 3.63) is 71.3 Å². The number of hydrogen-bond acceptors (Lipinski definition) is 3. The molecule has 2 aromatic rings. The highest BCUT2D eigenvalue weighted by atomic mass is 16.5. The first-order valence-corrected chi connectivity index (χ1v) is 7.00. The number of ether oxygens (including phenoxy) is 1. The van der Waals surface area contributed by atoms with Crippen molar-refractivity contribution in [2.45, 2.75) is 13.0 Å². The third-order valence-electron chi connectivity index (χ3n) is 3.12. The van der Waals surface area contributed by atoms with Gasteiger partial charge in [0.25, 0.3) is 0 Å². The van der Waals surface area contributed by atoms with Gasteiger partial charge in [-0.2, -0.15) is 0 Å². The Hall–Kier alpha value is -2.59. The molecule has 2 N–H and O–H groups in total. The second-order valence-electron chi connectivity index (χ2n) is 4.79. The standard InChI is InChI=1S/C18H18O4/c19-11-10-16-12-14(7-9-18(20)21)6-8-17(16)22-13-15-4-2-1-3-5-15/h1-9,12,19H,10-11,13H2,(H,20,21). The van der Waals surface area contributed by atoms with E-state index in [0.29, 0.717) is 18.8 Å². The first kappa shape index (κ1) is 15.8. The number of rotatable bonds is 7. The van der Waals surface area contributed by atoms with Crippen LogP contribution in [0.2, 0.25) is 0 Å². The summed E-state index contributed by atoms with van der Waals surface area (Å²) in [5.74, 6) is -0.293. The summed E-state index contributed by atoms with van der Waals surface area (Å²) in [7, 11) is 0. The Morgan fingerprint density at radius 1 is 1.14 bits per heavy atom. The predicted molar refractivity (Wildman–Crippen MR) is 84.7 cm³/mol. The van der Waals surface area contributed by atoms with Crippen LogP contribution in [0.4, 0.5) is 0 Å². The van der Waals surface area contributed by atoms with Crippen molar-refractivity contribution in [2.75, 3.05) is 6.61 Å². The highest BCUT2D eigenvalue weighted by Crippen LogP contribution is 2.22. The molecule has 0 aromatic heterocycles. The molecule has 0 atom stereocenters.